The van der Waals surface area contributed by atoms with Crippen LogP contribution >= 0.6 is 15.9 Å². The highest BCUT2D eigenvalue weighted by Crippen LogP contribution is 2.32. The predicted octanol–water partition coefficient (Wildman–Crippen LogP) is 2.88. The van der Waals surface area contributed by atoms with E-state index in [1.165, 1.54) is 6.20 Å². The normalized spacial score (nSPS) is 11.0. The Morgan fingerprint density at radius 3 is 2.85 bits per heavy atom. The zero-order valence-electron chi connectivity index (χ0n) is 11.3. The zero-order chi connectivity index (χ0) is 14.7. The van der Waals surface area contributed by atoms with E-state index in [2.05, 4.69) is 26.2 Å². The first-order chi connectivity index (χ1) is 9.49. The lowest BCUT2D eigenvalue weighted by Crippen LogP contribution is -2.21. The molecule has 0 saturated heterocycles. The smallest absolute Gasteiger partial charge is 0.311 e. The van der Waals surface area contributed by atoms with E-state index in [1.54, 1.807) is 0 Å². The second-order valence-electron chi connectivity index (χ2n) is 4.67. The zero-order valence-corrected chi connectivity index (χ0v) is 12.8. The van der Waals surface area contributed by atoms with Crippen molar-refractivity contribution in [2.75, 3.05) is 32.5 Å². The van der Waals surface area contributed by atoms with Crippen molar-refractivity contribution in [2.24, 2.45) is 0 Å². The van der Waals surface area contributed by atoms with Crippen LogP contribution in [0.15, 0.2) is 28.9 Å². The first kappa shape index (κ1) is 14.7. The van der Waals surface area contributed by atoms with Crippen molar-refractivity contribution in [3.63, 3.8) is 0 Å². The summed E-state index contributed by atoms with van der Waals surface area (Å²) in [6.07, 6.45) is 1.30. The Labute approximate surface area is 125 Å². The number of fused-ring (bicyclic) bond motifs is 1. The van der Waals surface area contributed by atoms with E-state index in [-0.39, 0.29) is 5.69 Å². The third-order valence-corrected chi connectivity index (χ3v) is 3.36. The third kappa shape index (κ3) is 3.23. The lowest BCUT2D eigenvalue weighted by molar-refractivity contribution is -0.384. The molecule has 2 rings (SSSR count). The summed E-state index contributed by atoms with van der Waals surface area (Å²) in [5.41, 5.74) is 1.24. The molecule has 106 valence electrons. The van der Waals surface area contributed by atoms with Crippen molar-refractivity contribution in [1.82, 2.24) is 9.88 Å². The van der Waals surface area contributed by atoms with E-state index < -0.39 is 4.92 Å². The van der Waals surface area contributed by atoms with E-state index in [1.807, 2.05) is 37.2 Å². The van der Waals surface area contributed by atoms with Crippen molar-refractivity contribution in [2.45, 2.75) is 0 Å². The summed E-state index contributed by atoms with van der Waals surface area (Å²) in [4.78, 5) is 16.9. The Balaban J connectivity index is 2.47. The standard InChI is InChI=1S/C13H15BrN4O2/c1-17(2)6-5-15-13-10-7-9(14)3-4-11(10)16-8-12(13)18(19)20/h3-4,7-8H,5-6H2,1-2H3,(H,15,16). The highest BCUT2D eigenvalue weighted by atomic mass is 79.9. The van der Waals surface area contributed by atoms with Gasteiger partial charge >= 0.3 is 5.69 Å². The van der Waals surface area contributed by atoms with Gasteiger partial charge in [0.15, 0.2) is 0 Å². The van der Waals surface area contributed by atoms with Crippen LogP contribution in [0.1, 0.15) is 0 Å². The minimum atomic E-state index is -0.411. The van der Waals surface area contributed by atoms with E-state index >= 15 is 0 Å². The number of hydrogen-bond acceptors (Lipinski definition) is 5. The van der Waals surface area contributed by atoms with Crippen molar-refractivity contribution < 1.29 is 4.92 Å². The molecule has 0 fully saturated rings. The molecule has 6 nitrogen and oxygen atoms in total. The summed E-state index contributed by atoms with van der Waals surface area (Å²) in [7, 11) is 3.91. The molecule has 1 aromatic heterocycles. The number of likely N-dealkylation sites (N-methyl/N-ethyl adjacent to an activating group) is 1. The molecule has 0 aliphatic heterocycles. The second-order valence-corrected chi connectivity index (χ2v) is 5.58. The largest absolute Gasteiger partial charge is 0.378 e. The van der Waals surface area contributed by atoms with Crippen molar-refractivity contribution in [3.8, 4) is 0 Å². The Bertz CT molecular complexity index is 646. The van der Waals surface area contributed by atoms with Crippen LogP contribution in [0, 0.1) is 10.1 Å². The highest BCUT2D eigenvalue weighted by molar-refractivity contribution is 9.10. The van der Waals surface area contributed by atoms with Gasteiger partial charge in [0.05, 0.1) is 10.4 Å². The van der Waals surface area contributed by atoms with Crippen LogP contribution in [0.25, 0.3) is 10.9 Å². The number of rotatable bonds is 5. The van der Waals surface area contributed by atoms with Gasteiger partial charge in [-0.3, -0.25) is 10.1 Å². The number of anilines is 1. The molecule has 0 saturated carbocycles. The number of hydrogen-bond donors (Lipinski definition) is 1. The highest BCUT2D eigenvalue weighted by Gasteiger charge is 2.17. The van der Waals surface area contributed by atoms with Crippen LogP contribution in [0.4, 0.5) is 11.4 Å². The molecule has 0 aliphatic carbocycles. The van der Waals surface area contributed by atoms with Gasteiger partial charge in [-0.05, 0) is 32.3 Å². The molecule has 1 heterocycles. The van der Waals surface area contributed by atoms with E-state index in [4.69, 9.17) is 0 Å². The van der Waals surface area contributed by atoms with Crippen molar-refractivity contribution in [3.05, 3.63) is 39.0 Å². The SMILES string of the molecule is CN(C)CCNc1c([N+](=O)[O-])cnc2ccc(Br)cc12. The fourth-order valence-corrected chi connectivity index (χ4v) is 2.24. The van der Waals surface area contributed by atoms with Crippen LogP contribution in [-0.4, -0.2) is 42.0 Å². The quantitative estimate of drug-likeness (QED) is 0.670. The average molecular weight is 339 g/mol. The van der Waals surface area contributed by atoms with Gasteiger partial charge in [-0.1, -0.05) is 15.9 Å². The molecule has 20 heavy (non-hydrogen) atoms. The number of benzene rings is 1. The third-order valence-electron chi connectivity index (χ3n) is 2.87. The van der Waals surface area contributed by atoms with Gasteiger partial charge in [0.25, 0.3) is 0 Å². The minimum Gasteiger partial charge on any atom is -0.378 e. The lowest BCUT2D eigenvalue weighted by atomic mass is 10.1. The number of pyridine rings is 1. The predicted molar refractivity (Wildman–Crippen MR) is 83.1 cm³/mol. The van der Waals surface area contributed by atoms with Crippen LogP contribution in [0.2, 0.25) is 0 Å². The van der Waals surface area contributed by atoms with E-state index in [0.717, 1.165) is 21.9 Å². The van der Waals surface area contributed by atoms with Crippen LogP contribution in [0.5, 0.6) is 0 Å². The van der Waals surface area contributed by atoms with Gasteiger partial charge in [0.1, 0.15) is 11.9 Å². The van der Waals surface area contributed by atoms with Gasteiger partial charge in [-0.25, -0.2) is 4.98 Å². The minimum absolute atomic E-state index is 0.00523. The maximum Gasteiger partial charge on any atom is 0.311 e. The summed E-state index contributed by atoms with van der Waals surface area (Å²) < 4.78 is 0.864. The van der Waals surface area contributed by atoms with E-state index in [9.17, 15) is 10.1 Å². The molecular formula is C13H15BrN4O2. The Hall–Kier alpha value is -1.73. The number of aromatic nitrogens is 1. The first-order valence-corrected chi connectivity index (χ1v) is 6.89. The Kier molecular flexibility index (Phi) is 4.51. The fraction of sp³-hybridized carbons (Fsp3) is 0.308. The molecule has 0 aliphatic rings. The number of halogens is 1. The Morgan fingerprint density at radius 1 is 1.45 bits per heavy atom. The molecule has 7 heteroatoms. The van der Waals surface area contributed by atoms with Crippen LogP contribution in [-0.2, 0) is 0 Å². The average Bonchev–Trinajstić information content (AvgIpc) is 2.38. The number of nitrogens with zero attached hydrogens (tertiary/aromatic N) is 3. The van der Waals surface area contributed by atoms with Gasteiger partial charge < -0.3 is 10.2 Å². The van der Waals surface area contributed by atoms with Gasteiger partial charge in [0.2, 0.25) is 0 Å². The first-order valence-electron chi connectivity index (χ1n) is 6.10. The molecule has 0 amide bonds. The van der Waals surface area contributed by atoms with E-state index in [0.29, 0.717) is 12.2 Å². The lowest BCUT2D eigenvalue weighted by Gasteiger charge is -2.13. The topological polar surface area (TPSA) is 71.3 Å². The molecule has 0 bridgehead atoms. The summed E-state index contributed by atoms with van der Waals surface area (Å²) in [6, 6.07) is 5.54. The molecule has 0 spiro atoms. The van der Waals surface area contributed by atoms with Gasteiger partial charge in [-0.2, -0.15) is 0 Å². The van der Waals surface area contributed by atoms with Crippen molar-refractivity contribution >= 4 is 38.2 Å². The molecule has 1 aromatic carbocycles. The Morgan fingerprint density at radius 2 is 2.20 bits per heavy atom. The monoisotopic (exact) mass is 338 g/mol. The molecule has 0 unspecified atom stereocenters. The fourth-order valence-electron chi connectivity index (χ4n) is 1.88. The number of nitro groups is 1. The summed E-state index contributed by atoms with van der Waals surface area (Å²) >= 11 is 3.39. The van der Waals surface area contributed by atoms with Crippen LogP contribution < -0.4 is 5.32 Å². The van der Waals surface area contributed by atoms with Crippen molar-refractivity contribution in [1.29, 1.82) is 0 Å². The molecule has 2 aromatic rings. The molecule has 0 radical (unpaired) electrons. The summed E-state index contributed by atoms with van der Waals surface area (Å²) in [6.45, 7) is 1.41. The molecular weight excluding hydrogens is 324 g/mol. The maximum absolute atomic E-state index is 11.2. The number of nitrogens with one attached hydrogen (secondary N) is 1. The van der Waals surface area contributed by atoms with Gasteiger partial charge in [-0.15, -0.1) is 0 Å². The summed E-state index contributed by atoms with van der Waals surface area (Å²) in [5, 5.41) is 15.0. The van der Waals surface area contributed by atoms with Crippen LogP contribution in [0.3, 0.4) is 0 Å². The molecule has 1 N–H and O–H groups in total. The van der Waals surface area contributed by atoms with Gasteiger partial charge in [0, 0.05) is 22.9 Å². The second kappa shape index (κ2) is 6.15. The maximum atomic E-state index is 11.2. The molecule has 0 atom stereocenters. The summed E-state index contributed by atoms with van der Waals surface area (Å²) in [5.74, 6) is 0.